The summed E-state index contributed by atoms with van der Waals surface area (Å²) in [5.74, 6) is 0. The van der Waals surface area contributed by atoms with Crippen LogP contribution in [0.5, 0.6) is 0 Å². The Morgan fingerprint density at radius 3 is 1.54 bits per heavy atom. The van der Waals surface area contributed by atoms with Gasteiger partial charge in [0, 0.05) is 48.3 Å². The summed E-state index contributed by atoms with van der Waals surface area (Å²) in [6.07, 6.45) is 4.34. The quantitative estimate of drug-likeness (QED) is 0.169. The number of benzene rings is 8. The second kappa shape index (κ2) is 12.5. The SMILES string of the molecule is c1ccc(N(c2ccccc2)c2cccc3c2[C@@]2(CC3)CCc3cccc(N(c4ccccc4)c4ccc5c(c4)sc4ccc6ccccc6c45)c32)cc1. The highest BCUT2D eigenvalue weighted by Crippen LogP contribution is 2.60. The zero-order valence-electron chi connectivity index (χ0n) is 30.0. The molecular formula is C51H38N2S. The minimum Gasteiger partial charge on any atom is -0.310 e. The lowest BCUT2D eigenvalue weighted by molar-refractivity contribution is 0.508. The van der Waals surface area contributed by atoms with Crippen LogP contribution < -0.4 is 9.80 Å². The molecule has 2 aliphatic rings. The smallest absolute Gasteiger partial charge is 0.0505 e. The van der Waals surface area contributed by atoms with Crippen molar-refractivity contribution in [2.24, 2.45) is 0 Å². The molecule has 258 valence electrons. The van der Waals surface area contributed by atoms with Crippen LogP contribution in [0.2, 0.25) is 0 Å². The van der Waals surface area contributed by atoms with Crippen LogP contribution in [0.25, 0.3) is 30.9 Å². The van der Waals surface area contributed by atoms with Crippen molar-refractivity contribution >= 4 is 76.4 Å². The second-order valence-electron chi connectivity index (χ2n) is 14.8. The van der Waals surface area contributed by atoms with Gasteiger partial charge in [0.2, 0.25) is 0 Å². The fourth-order valence-corrected chi connectivity index (χ4v) is 10.9. The molecule has 1 atom stereocenters. The number of para-hydroxylation sites is 3. The van der Waals surface area contributed by atoms with Gasteiger partial charge in [-0.1, -0.05) is 115 Å². The van der Waals surface area contributed by atoms with Crippen LogP contribution in [0.15, 0.2) is 182 Å². The molecule has 2 aliphatic carbocycles. The van der Waals surface area contributed by atoms with Gasteiger partial charge in [-0.15, -0.1) is 11.3 Å². The molecule has 0 unspecified atom stereocenters. The highest BCUT2D eigenvalue weighted by molar-refractivity contribution is 7.26. The second-order valence-corrected chi connectivity index (χ2v) is 15.9. The zero-order chi connectivity index (χ0) is 35.6. The van der Waals surface area contributed by atoms with E-state index in [1.807, 2.05) is 11.3 Å². The van der Waals surface area contributed by atoms with Gasteiger partial charge in [-0.3, -0.25) is 0 Å². The third-order valence-corrected chi connectivity index (χ3v) is 13.1. The van der Waals surface area contributed by atoms with Crippen molar-refractivity contribution in [3.8, 4) is 0 Å². The van der Waals surface area contributed by atoms with Gasteiger partial charge in [0.1, 0.15) is 0 Å². The summed E-state index contributed by atoms with van der Waals surface area (Å²) < 4.78 is 2.65. The largest absolute Gasteiger partial charge is 0.310 e. The van der Waals surface area contributed by atoms with Gasteiger partial charge >= 0.3 is 0 Å². The molecule has 54 heavy (non-hydrogen) atoms. The minimum absolute atomic E-state index is 0.118. The molecular weight excluding hydrogens is 673 g/mol. The summed E-state index contributed by atoms with van der Waals surface area (Å²) in [6, 6.07) is 67.4. The van der Waals surface area contributed by atoms with Crippen LogP contribution in [0.4, 0.5) is 34.1 Å². The Labute approximate surface area is 320 Å². The third-order valence-electron chi connectivity index (χ3n) is 12.0. The van der Waals surface area contributed by atoms with Crippen molar-refractivity contribution in [2.45, 2.75) is 31.1 Å². The third kappa shape index (κ3) is 4.78. The molecule has 1 spiro atoms. The molecule has 8 aromatic carbocycles. The maximum Gasteiger partial charge on any atom is 0.0505 e. The molecule has 0 N–H and O–H groups in total. The number of rotatable bonds is 6. The molecule has 9 aromatic rings. The van der Waals surface area contributed by atoms with Crippen molar-refractivity contribution in [2.75, 3.05) is 9.80 Å². The molecule has 0 fully saturated rings. The van der Waals surface area contributed by atoms with Crippen LogP contribution in [-0.4, -0.2) is 0 Å². The number of anilines is 6. The fraction of sp³-hybridized carbons (Fsp3) is 0.0980. The fourth-order valence-electron chi connectivity index (χ4n) is 9.77. The summed E-state index contributed by atoms with van der Waals surface area (Å²) >= 11 is 1.90. The first-order chi connectivity index (χ1) is 26.8. The van der Waals surface area contributed by atoms with Gasteiger partial charge in [0.25, 0.3) is 0 Å². The van der Waals surface area contributed by atoms with Gasteiger partial charge in [0.15, 0.2) is 0 Å². The van der Waals surface area contributed by atoms with E-state index in [1.165, 1.54) is 87.3 Å². The van der Waals surface area contributed by atoms with Gasteiger partial charge in [-0.2, -0.15) is 0 Å². The highest BCUT2D eigenvalue weighted by atomic mass is 32.1. The van der Waals surface area contributed by atoms with E-state index in [0.717, 1.165) is 25.7 Å². The number of thiophene rings is 1. The molecule has 1 heterocycles. The molecule has 0 radical (unpaired) electrons. The normalized spacial score (nSPS) is 15.9. The number of aryl methyl sites for hydroxylation is 2. The maximum absolute atomic E-state index is 2.54. The molecule has 0 amide bonds. The van der Waals surface area contributed by atoms with E-state index < -0.39 is 0 Å². The summed E-state index contributed by atoms with van der Waals surface area (Å²) in [6.45, 7) is 0. The summed E-state index contributed by atoms with van der Waals surface area (Å²) in [5.41, 5.74) is 13.1. The van der Waals surface area contributed by atoms with Gasteiger partial charge < -0.3 is 9.80 Å². The zero-order valence-corrected chi connectivity index (χ0v) is 30.8. The molecule has 1 aromatic heterocycles. The van der Waals surface area contributed by atoms with Gasteiger partial charge in [-0.25, -0.2) is 0 Å². The monoisotopic (exact) mass is 710 g/mol. The predicted octanol–water partition coefficient (Wildman–Crippen LogP) is 14.3. The lowest BCUT2D eigenvalue weighted by Gasteiger charge is -2.37. The minimum atomic E-state index is -0.118. The van der Waals surface area contributed by atoms with Crippen molar-refractivity contribution in [1.29, 1.82) is 0 Å². The van der Waals surface area contributed by atoms with Gasteiger partial charge in [-0.05, 0) is 125 Å². The first kappa shape index (κ1) is 31.4. The van der Waals surface area contributed by atoms with Crippen molar-refractivity contribution in [1.82, 2.24) is 0 Å². The van der Waals surface area contributed by atoms with E-state index >= 15 is 0 Å². The molecule has 0 aliphatic heterocycles. The Balaban J connectivity index is 1.13. The van der Waals surface area contributed by atoms with Gasteiger partial charge in [0.05, 0.1) is 11.4 Å². The molecule has 0 saturated carbocycles. The standard InChI is InChI=1S/C51H38N2S/c1-4-17-38(18-5-1)52(39-19-6-2-7-20-39)44-24-12-15-36-30-32-51(49(36)44)33-31-37-16-13-25-45(50(37)51)53(40-21-8-3-9-22-40)41-27-28-43-47(34-41)54-46-29-26-35-14-10-11-23-42(35)48(43)46/h1-29,34H,30-33H2/t51-/m1/s1. The van der Waals surface area contributed by atoms with Crippen LogP contribution in [-0.2, 0) is 18.3 Å². The van der Waals surface area contributed by atoms with Crippen LogP contribution >= 0.6 is 11.3 Å². The van der Waals surface area contributed by atoms with Crippen LogP contribution in [0.3, 0.4) is 0 Å². The molecule has 0 saturated heterocycles. The Hall–Kier alpha value is -6.16. The van der Waals surface area contributed by atoms with Crippen molar-refractivity contribution < 1.29 is 0 Å². The maximum atomic E-state index is 2.54. The predicted molar refractivity (Wildman–Crippen MR) is 230 cm³/mol. The Morgan fingerprint density at radius 2 is 0.944 bits per heavy atom. The lowest BCUT2D eigenvalue weighted by atomic mass is 9.74. The van der Waals surface area contributed by atoms with E-state index in [4.69, 9.17) is 0 Å². The lowest BCUT2D eigenvalue weighted by Crippen LogP contribution is -2.27. The van der Waals surface area contributed by atoms with E-state index in [-0.39, 0.29) is 5.41 Å². The van der Waals surface area contributed by atoms with Crippen molar-refractivity contribution in [3.63, 3.8) is 0 Å². The van der Waals surface area contributed by atoms with E-state index in [1.54, 1.807) is 0 Å². The Kier molecular flexibility index (Phi) is 7.25. The number of fused-ring (bicyclic) bond motifs is 9. The topological polar surface area (TPSA) is 6.48 Å². The average Bonchev–Trinajstić information content (AvgIpc) is 3.93. The van der Waals surface area contributed by atoms with E-state index in [9.17, 15) is 0 Å². The first-order valence-electron chi connectivity index (χ1n) is 19.1. The Bertz CT molecular complexity index is 2800. The number of nitrogens with zero attached hydrogens (tertiary/aromatic N) is 2. The van der Waals surface area contributed by atoms with Crippen molar-refractivity contribution in [3.05, 3.63) is 204 Å². The summed E-state index contributed by atoms with van der Waals surface area (Å²) in [5, 5.41) is 5.31. The Morgan fingerprint density at radius 1 is 0.407 bits per heavy atom. The summed E-state index contributed by atoms with van der Waals surface area (Å²) in [7, 11) is 0. The van der Waals surface area contributed by atoms with E-state index in [0.29, 0.717) is 0 Å². The first-order valence-corrected chi connectivity index (χ1v) is 19.9. The van der Waals surface area contributed by atoms with E-state index in [2.05, 4.69) is 192 Å². The molecule has 0 bridgehead atoms. The number of hydrogen-bond donors (Lipinski definition) is 0. The molecule has 3 heteroatoms. The highest BCUT2D eigenvalue weighted by Gasteiger charge is 2.49. The average molecular weight is 711 g/mol. The summed E-state index contributed by atoms with van der Waals surface area (Å²) in [4.78, 5) is 5.03. The molecule has 2 nitrogen and oxygen atoms in total. The number of hydrogen-bond acceptors (Lipinski definition) is 3. The van der Waals surface area contributed by atoms with Crippen LogP contribution in [0, 0.1) is 0 Å². The van der Waals surface area contributed by atoms with Crippen LogP contribution in [0.1, 0.15) is 35.1 Å². The molecule has 11 rings (SSSR count).